The van der Waals surface area contributed by atoms with Crippen molar-refractivity contribution >= 4 is 57.0 Å². The van der Waals surface area contributed by atoms with E-state index >= 15 is 0 Å². The fraction of sp³-hybridized carbons (Fsp3) is 0.158. The van der Waals surface area contributed by atoms with Crippen LogP contribution in [0.5, 0.6) is 0 Å². The zero-order valence-corrected chi connectivity index (χ0v) is 16.3. The predicted octanol–water partition coefficient (Wildman–Crippen LogP) is 4.81. The van der Waals surface area contributed by atoms with Crippen molar-refractivity contribution < 1.29 is 9.18 Å². The number of thioether (sulfide) groups is 1. The summed E-state index contributed by atoms with van der Waals surface area (Å²) in [6, 6.07) is 11.8. The van der Waals surface area contributed by atoms with E-state index in [1.54, 1.807) is 0 Å². The molecule has 0 fully saturated rings. The molecule has 2 aromatic heterocycles. The highest BCUT2D eigenvalue weighted by atomic mass is 35.5. The zero-order valence-electron chi connectivity index (χ0n) is 14.7. The van der Waals surface area contributed by atoms with Crippen LogP contribution in [0.2, 0.25) is 5.02 Å². The van der Waals surface area contributed by atoms with Crippen LogP contribution in [0.3, 0.4) is 0 Å². The maximum absolute atomic E-state index is 13.3. The van der Waals surface area contributed by atoms with Crippen LogP contribution in [0.25, 0.3) is 22.1 Å². The number of carbonyl (C=O) groups excluding carboxylic acids is 1. The van der Waals surface area contributed by atoms with E-state index in [9.17, 15) is 9.18 Å². The van der Waals surface area contributed by atoms with Gasteiger partial charge in [0, 0.05) is 16.6 Å². The predicted molar refractivity (Wildman–Crippen MR) is 109 cm³/mol. The van der Waals surface area contributed by atoms with Gasteiger partial charge in [-0.15, -0.1) is 10.2 Å². The fourth-order valence-corrected chi connectivity index (χ4v) is 3.80. The monoisotopic (exact) mass is 415 g/mol. The lowest BCUT2D eigenvalue weighted by Gasteiger charge is -2.13. The molecule has 0 aliphatic rings. The summed E-state index contributed by atoms with van der Waals surface area (Å²) in [7, 11) is 0. The Hall–Kier alpha value is -2.71. The lowest BCUT2D eigenvalue weighted by Crippen LogP contribution is -2.25. The number of fused-ring (bicyclic) bond motifs is 3. The maximum atomic E-state index is 13.3. The molecule has 1 atom stereocenters. The SMILES string of the molecule is CCC(Sc1nnc2c(n1)[nH]c1ccccc12)C(=O)Nc1ccc(F)c(Cl)c1. The Morgan fingerprint density at radius 2 is 2.11 bits per heavy atom. The van der Waals surface area contributed by atoms with Gasteiger partial charge in [-0.3, -0.25) is 4.79 Å². The van der Waals surface area contributed by atoms with Crippen LogP contribution in [0.1, 0.15) is 13.3 Å². The third-order valence-electron chi connectivity index (χ3n) is 4.20. The van der Waals surface area contributed by atoms with Crippen LogP contribution < -0.4 is 5.32 Å². The van der Waals surface area contributed by atoms with Crippen LogP contribution in [0, 0.1) is 5.82 Å². The van der Waals surface area contributed by atoms with Crippen molar-refractivity contribution in [3.8, 4) is 0 Å². The average molecular weight is 416 g/mol. The second-order valence-corrected chi connectivity index (χ2v) is 7.67. The van der Waals surface area contributed by atoms with E-state index in [-0.39, 0.29) is 10.9 Å². The van der Waals surface area contributed by atoms with Gasteiger partial charge in [-0.05, 0) is 30.7 Å². The third kappa shape index (κ3) is 3.65. The number of hydrogen-bond donors (Lipinski definition) is 2. The van der Waals surface area contributed by atoms with Crippen LogP contribution in [0.15, 0.2) is 47.6 Å². The highest BCUT2D eigenvalue weighted by Gasteiger charge is 2.21. The summed E-state index contributed by atoms with van der Waals surface area (Å²) in [5.41, 5.74) is 2.68. The number of carbonyl (C=O) groups is 1. The van der Waals surface area contributed by atoms with Gasteiger partial charge in [-0.25, -0.2) is 9.37 Å². The molecule has 2 aromatic carbocycles. The second kappa shape index (κ2) is 7.73. The van der Waals surface area contributed by atoms with E-state index in [1.807, 2.05) is 31.2 Å². The van der Waals surface area contributed by atoms with E-state index in [0.29, 0.717) is 28.4 Å². The standard InChI is InChI=1S/C19H15ClFN5OS/c1-2-15(18(27)22-10-7-8-13(21)12(20)9-10)28-19-24-17-16(25-26-19)11-5-3-4-6-14(11)23-17/h3-9,15H,2H2,1H3,(H,22,27)(H,23,24,26). The molecular weight excluding hydrogens is 401 g/mol. The van der Waals surface area contributed by atoms with Crippen LogP contribution in [0.4, 0.5) is 10.1 Å². The van der Waals surface area contributed by atoms with Crippen LogP contribution in [-0.2, 0) is 4.79 Å². The van der Waals surface area contributed by atoms with Gasteiger partial charge < -0.3 is 10.3 Å². The molecule has 1 unspecified atom stereocenters. The molecule has 0 spiro atoms. The number of benzene rings is 2. The highest BCUT2D eigenvalue weighted by Crippen LogP contribution is 2.27. The minimum Gasteiger partial charge on any atom is -0.338 e. The van der Waals surface area contributed by atoms with Crippen LogP contribution in [-0.4, -0.2) is 31.3 Å². The van der Waals surface area contributed by atoms with Crippen LogP contribution >= 0.6 is 23.4 Å². The smallest absolute Gasteiger partial charge is 0.237 e. The van der Waals surface area contributed by atoms with E-state index in [2.05, 4.69) is 25.5 Å². The largest absolute Gasteiger partial charge is 0.338 e. The average Bonchev–Trinajstić information content (AvgIpc) is 3.06. The summed E-state index contributed by atoms with van der Waals surface area (Å²) in [6.07, 6.45) is 0.555. The van der Waals surface area contributed by atoms with Gasteiger partial charge in [-0.2, -0.15) is 0 Å². The number of hydrogen-bond acceptors (Lipinski definition) is 5. The number of aromatic nitrogens is 4. The van der Waals surface area contributed by atoms with Gasteiger partial charge in [0.25, 0.3) is 0 Å². The molecule has 0 saturated carbocycles. The molecule has 0 saturated heterocycles. The minimum atomic E-state index is -0.535. The molecule has 4 rings (SSSR count). The number of para-hydroxylation sites is 1. The number of nitrogens with zero attached hydrogens (tertiary/aromatic N) is 3. The molecule has 142 valence electrons. The summed E-state index contributed by atoms with van der Waals surface area (Å²) in [5.74, 6) is -0.775. The number of H-pyrrole nitrogens is 1. The Bertz CT molecular complexity index is 1180. The first-order chi connectivity index (χ1) is 13.5. The Morgan fingerprint density at radius 3 is 2.89 bits per heavy atom. The lowest BCUT2D eigenvalue weighted by molar-refractivity contribution is -0.115. The summed E-state index contributed by atoms with van der Waals surface area (Å²) in [4.78, 5) is 20.3. The zero-order chi connectivity index (χ0) is 19.7. The first-order valence-electron chi connectivity index (χ1n) is 8.59. The molecule has 28 heavy (non-hydrogen) atoms. The molecule has 2 heterocycles. The quantitative estimate of drug-likeness (QED) is 0.457. The first-order valence-corrected chi connectivity index (χ1v) is 9.84. The van der Waals surface area contributed by atoms with Crippen molar-refractivity contribution in [2.75, 3.05) is 5.32 Å². The summed E-state index contributed by atoms with van der Waals surface area (Å²) in [6.45, 7) is 1.89. The summed E-state index contributed by atoms with van der Waals surface area (Å²) in [5, 5.41) is 12.0. The molecule has 1 amide bonds. The highest BCUT2D eigenvalue weighted by molar-refractivity contribution is 8.00. The summed E-state index contributed by atoms with van der Waals surface area (Å²) < 4.78 is 13.3. The molecule has 0 radical (unpaired) electrons. The minimum absolute atomic E-state index is 0.0460. The van der Waals surface area contributed by atoms with E-state index in [1.165, 1.54) is 30.0 Å². The molecule has 9 heteroatoms. The fourth-order valence-electron chi connectivity index (χ4n) is 2.80. The maximum Gasteiger partial charge on any atom is 0.237 e. The number of halogens is 2. The van der Waals surface area contributed by atoms with Gasteiger partial charge in [0.15, 0.2) is 5.65 Å². The van der Waals surface area contributed by atoms with Gasteiger partial charge >= 0.3 is 0 Å². The number of amides is 1. The summed E-state index contributed by atoms with van der Waals surface area (Å²) >= 11 is 6.99. The third-order valence-corrected chi connectivity index (χ3v) is 5.71. The van der Waals surface area contributed by atoms with Crippen molar-refractivity contribution in [3.63, 3.8) is 0 Å². The molecule has 6 nitrogen and oxygen atoms in total. The van der Waals surface area contributed by atoms with Crippen molar-refractivity contribution in [3.05, 3.63) is 53.3 Å². The Kier molecular flexibility index (Phi) is 5.15. The lowest BCUT2D eigenvalue weighted by atomic mass is 10.2. The number of nitrogens with one attached hydrogen (secondary N) is 2. The number of anilines is 1. The molecule has 0 bridgehead atoms. The Morgan fingerprint density at radius 1 is 1.29 bits per heavy atom. The number of aromatic amines is 1. The van der Waals surface area contributed by atoms with Gasteiger partial charge in [-0.1, -0.05) is 48.5 Å². The topological polar surface area (TPSA) is 83.6 Å². The first kappa shape index (κ1) is 18.6. The van der Waals surface area contributed by atoms with Gasteiger partial charge in [0.2, 0.25) is 11.1 Å². The molecule has 2 N–H and O–H groups in total. The normalized spacial score (nSPS) is 12.4. The Labute approximate surface area is 168 Å². The molecule has 4 aromatic rings. The van der Waals surface area contributed by atoms with Gasteiger partial charge in [0.05, 0.1) is 10.3 Å². The van der Waals surface area contributed by atoms with Crippen molar-refractivity contribution in [2.24, 2.45) is 0 Å². The van der Waals surface area contributed by atoms with Gasteiger partial charge in [0.1, 0.15) is 11.3 Å². The second-order valence-electron chi connectivity index (χ2n) is 6.10. The van der Waals surface area contributed by atoms with Crippen molar-refractivity contribution in [1.29, 1.82) is 0 Å². The van der Waals surface area contributed by atoms with E-state index in [4.69, 9.17) is 11.6 Å². The number of rotatable bonds is 5. The van der Waals surface area contributed by atoms with E-state index in [0.717, 1.165) is 10.9 Å². The van der Waals surface area contributed by atoms with E-state index < -0.39 is 11.1 Å². The van der Waals surface area contributed by atoms with Crippen molar-refractivity contribution in [1.82, 2.24) is 20.2 Å². The molecule has 0 aliphatic heterocycles. The van der Waals surface area contributed by atoms with Crippen molar-refractivity contribution in [2.45, 2.75) is 23.8 Å². The Balaban J connectivity index is 1.54. The molecular formula is C19H15ClFN5OS. The molecule has 0 aliphatic carbocycles.